The number of anilines is 1. The average Bonchev–Trinajstić information content (AvgIpc) is 2.89. The number of aliphatic carboxylic acids is 1. The minimum atomic E-state index is -0.710. The van der Waals surface area contributed by atoms with Crippen molar-refractivity contribution in [1.29, 1.82) is 0 Å². The molecule has 0 unspecified atom stereocenters. The molecule has 2 N–H and O–H groups in total. The van der Waals surface area contributed by atoms with E-state index in [4.69, 9.17) is 11.6 Å². The molecule has 0 amide bonds. The third-order valence-corrected chi connectivity index (χ3v) is 6.22. The SMILES string of the molecule is O=C(O)[C@H]1C2CCC(CC2)[C@@H]1Nc1nc(Cl)nn2c(I)ccc12. The maximum atomic E-state index is 11.8. The second-order valence-corrected chi connectivity index (χ2v) is 7.83. The zero-order chi connectivity index (χ0) is 16.1. The maximum absolute atomic E-state index is 11.8. The van der Waals surface area contributed by atoms with Gasteiger partial charge < -0.3 is 10.4 Å². The van der Waals surface area contributed by atoms with E-state index in [1.165, 1.54) is 0 Å². The molecule has 0 spiro atoms. The first-order valence-corrected chi connectivity index (χ1v) is 9.20. The predicted molar refractivity (Wildman–Crippen MR) is 94.7 cm³/mol. The Balaban J connectivity index is 1.73. The van der Waals surface area contributed by atoms with E-state index in [1.54, 1.807) is 4.52 Å². The number of hydrogen-bond donors (Lipinski definition) is 2. The van der Waals surface area contributed by atoms with Crippen LogP contribution in [0, 0.1) is 21.5 Å². The van der Waals surface area contributed by atoms with Gasteiger partial charge in [0, 0.05) is 6.04 Å². The molecule has 2 aromatic heterocycles. The van der Waals surface area contributed by atoms with Crippen molar-refractivity contribution in [2.24, 2.45) is 17.8 Å². The van der Waals surface area contributed by atoms with E-state index in [-0.39, 0.29) is 23.2 Å². The quantitative estimate of drug-likeness (QED) is 0.708. The average molecular weight is 447 g/mol. The number of aromatic nitrogens is 3. The normalized spacial score (nSPS) is 29.8. The molecule has 0 aliphatic heterocycles. The van der Waals surface area contributed by atoms with Crippen LogP contribution in [-0.4, -0.2) is 31.7 Å². The van der Waals surface area contributed by atoms with E-state index >= 15 is 0 Å². The summed E-state index contributed by atoms with van der Waals surface area (Å²) < 4.78 is 2.67. The summed E-state index contributed by atoms with van der Waals surface area (Å²) in [5.74, 6) is 0.194. The monoisotopic (exact) mass is 446 g/mol. The molecule has 122 valence electrons. The van der Waals surface area contributed by atoms with Crippen molar-refractivity contribution in [3.8, 4) is 0 Å². The highest BCUT2D eigenvalue weighted by molar-refractivity contribution is 14.1. The summed E-state index contributed by atoms with van der Waals surface area (Å²) in [6.45, 7) is 0. The fourth-order valence-corrected chi connectivity index (χ4v) is 4.92. The largest absolute Gasteiger partial charge is 0.481 e. The summed E-state index contributed by atoms with van der Waals surface area (Å²) in [4.78, 5) is 16.1. The van der Waals surface area contributed by atoms with Crippen LogP contribution in [0.5, 0.6) is 0 Å². The summed E-state index contributed by atoms with van der Waals surface area (Å²) >= 11 is 8.23. The number of fused-ring (bicyclic) bond motifs is 4. The predicted octanol–water partition coefficient (Wildman–Crippen LogP) is 3.29. The Labute approximate surface area is 151 Å². The van der Waals surface area contributed by atoms with Gasteiger partial charge in [-0.25, -0.2) is 4.52 Å². The summed E-state index contributed by atoms with van der Waals surface area (Å²) in [5.41, 5.74) is 0.824. The van der Waals surface area contributed by atoms with E-state index in [0.717, 1.165) is 34.9 Å². The van der Waals surface area contributed by atoms with Crippen molar-refractivity contribution in [1.82, 2.24) is 14.6 Å². The molecular weight excluding hydrogens is 431 g/mol. The fourth-order valence-electron chi connectivity index (χ4n) is 4.22. The second-order valence-electron chi connectivity index (χ2n) is 6.39. The van der Waals surface area contributed by atoms with Crippen molar-refractivity contribution >= 4 is 51.5 Å². The summed E-state index contributed by atoms with van der Waals surface area (Å²) in [6.07, 6.45) is 4.20. The molecule has 3 fully saturated rings. The molecule has 0 radical (unpaired) electrons. The van der Waals surface area contributed by atoms with Crippen molar-refractivity contribution in [3.05, 3.63) is 21.1 Å². The molecule has 0 saturated heterocycles. The molecule has 6 nitrogen and oxygen atoms in total. The first kappa shape index (κ1) is 15.4. The van der Waals surface area contributed by atoms with Gasteiger partial charge in [-0.3, -0.25) is 4.79 Å². The Morgan fingerprint density at radius 2 is 2.00 bits per heavy atom. The molecule has 2 heterocycles. The van der Waals surface area contributed by atoms with Crippen molar-refractivity contribution < 1.29 is 9.90 Å². The summed E-state index contributed by atoms with van der Waals surface area (Å²) in [6, 6.07) is 3.77. The lowest BCUT2D eigenvalue weighted by Gasteiger charge is -2.47. The standard InChI is InChI=1S/C15H16ClIN4O2/c16-15-19-13(9-5-6-10(17)21(9)20-15)18-12-8-3-1-7(2-4-8)11(12)14(22)23/h5-8,11-12H,1-4H2,(H,22,23)(H,18,19,20)/t7?,8?,11-,12-/m0/s1. The van der Waals surface area contributed by atoms with E-state index in [0.29, 0.717) is 11.7 Å². The number of carboxylic acids is 1. The molecule has 2 bridgehead atoms. The lowest BCUT2D eigenvalue weighted by molar-refractivity contribution is -0.148. The molecule has 23 heavy (non-hydrogen) atoms. The minimum absolute atomic E-state index is 0.0951. The Kier molecular flexibility index (Phi) is 3.87. The van der Waals surface area contributed by atoms with Crippen LogP contribution >= 0.6 is 34.2 Å². The molecule has 2 atom stereocenters. The fraction of sp³-hybridized carbons (Fsp3) is 0.533. The number of carbonyl (C=O) groups is 1. The van der Waals surface area contributed by atoms with Crippen LogP contribution in [0.1, 0.15) is 25.7 Å². The van der Waals surface area contributed by atoms with E-state index in [1.807, 2.05) is 12.1 Å². The Morgan fingerprint density at radius 3 is 2.70 bits per heavy atom. The van der Waals surface area contributed by atoms with E-state index in [9.17, 15) is 9.90 Å². The summed E-state index contributed by atoms with van der Waals surface area (Å²) in [7, 11) is 0. The lowest BCUT2D eigenvalue weighted by atomic mass is 9.61. The lowest BCUT2D eigenvalue weighted by Crippen LogP contribution is -2.51. The number of carboxylic acid groups (broad SMARTS) is 1. The zero-order valence-corrected chi connectivity index (χ0v) is 15.2. The number of nitrogens with zero attached hydrogens (tertiary/aromatic N) is 3. The molecule has 2 aromatic rings. The second kappa shape index (κ2) is 5.77. The molecule has 3 aliphatic rings. The van der Waals surface area contributed by atoms with Crippen molar-refractivity contribution in [2.45, 2.75) is 31.7 Å². The van der Waals surface area contributed by atoms with Gasteiger partial charge in [-0.15, -0.1) is 5.10 Å². The van der Waals surface area contributed by atoms with Gasteiger partial charge in [0.05, 0.1) is 5.92 Å². The van der Waals surface area contributed by atoms with Gasteiger partial charge in [0.2, 0.25) is 5.28 Å². The first-order chi connectivity index (χ1) is 11.0. The Bertz CT molecular complexity index is 772. The minimum Gasteiger partial charge on any atom is -0.481 e. The number of hydrogen-bond acceptors (Lipinski definition) is 4. The van der Waals surface area contributed by atoms with Crippen LogP contribution in [0.2, 0.25) is 5.28 Å². The van der Waals surface area contributed by atoms with Gasteiger partial charge in [-0.05, 0) is 83.8 Å². The number of nitrogens with one attached hydrogen (secondary N) is 1. The number of halogens is 2. The third-order valence-electron chi connectivity index (χ3n) is 5.25. The van der Waals surface area contributed by atoms with Gasteiger partial charge in [0.1, 0.15) is 9.22 Å². The first-order valence-electron chi connectivity index (χ1n) is 7.74. The Morgan fingerprint density at radius 1 is 1.30 bits per heavy atom. The molecule has 3 aliphatic carbocycles. The van der Waals surface area contributed by atoms with E-state index in [2.05, 4.69) is 38.0 Å². The van der Waals surface area contributed by atoms with Gasteiger partial charge in [-0.2, -0.15) is 4.98 Å². The van der Waals surface area contributed by atoms with Crippen LogP contribution in [0.25, 0.3) is 5.52 Å². The van der Waals surface area contributed by atoms with Gasteiger partial charge >= 0.3 is 5.97 Å². The van der Waals surface area contributed by atoms with Crippen LogP contribution < -0.4 is 5.32 Å². The highest BCUT2D eigenvalue weighted by Gasteiger charge is 2.47. The highest BCUT2D eigenvalue weighted by atomic mass is 127. The molecule has 3 saturated carbocycles. The molecule has 8 heteroatoms. The highest BCUT2D eigenvalue weighted by Crippen LogP contribution is 2.46. The third kappa shape index (κ3) is 2.57. The van der Waals surface area contributed by atoms with Crippen LogP contribution in [0.4, 0.5) is 5.82 Å². The van der Waals surface area contributed by atoms with Crippen LogP contribution in [0.15, 0.2) is 12.1 Å². The molecule has 5 rings (SSSR count). The Hall–Kier alpha value is -1.09. The maximum Gasteiger partial charge on any atom is 0.308 e. The van der Waals surface area contributed by atoms with Crippen LogP contribution in [0.3, 0.4) is 0 Å². The zero-order valence-electron chi connectivity index (χ0n) is 12.2. The molecular formula is C15H16ClIN4O2. The smallest absolute Gasteiger partial charge is 0.308 e. The van der Waals surface area contributed by atoms with Gasteiger partial charge in [0.25, 0.3) is 0 Å². The topological polar surface area (TPSA) is 79.5 Å². The van der Waals surface area contributed by atoms with Crippen molar-refractivity contribution in [2.75, 3.05) is 5.32 Å². The molecule has 0 aromatic carbocycles. The van der Waals surface area contributed by atoms with E-state index < -0.39 is 5.97 Å². The van der Waals surface area contributed by atoms with Crippen molar-refractivity contribution in [3.63, 3.8) is 0 Å². The number of rotatable bonds is 3. The van der Waals surface area contributed by atoms with Gasteiger partial charge in [-0.1, -0.05) is 0 Å². The van der Waals surface area contributed by atoms with Crippen LogP contribution in [-0.2, 0) is 4.79 Å². The summed E-state index contributed by atoms with van der Waals surface area (Å²) in [5, 5.41) is 17.4. The van der Waals surface area contributed by atoms with Gasteiger partial charge in [0.15, 0.2) is 5.82 Å².